The van der Waals surface area contributed by atoms with Gasteiger partial charge in [0.1, 0.15) is 0 Å². The van der Waals surface area contributed by atoms with E-state index in [9.17, 15) is 28.8 Å². The molecule has 9 atom stereocenters. The summed E-state index contributed by atoms with van der Waals surface area (Å²) in [6.07, 6.45) is 1.36. The first kappa shape index (κ1) is 54.0. The van der Waals surface area contributed by atoms with E-state index < -0.39 is 36.3 Å². The number of amides is 6. The molecule has 0 radical (unpaired) electrons. The second kappa shape index (κ2) is 26.5. The van der Waals surface area contributed by atoms with Gasteiger partial charge in [0.05, 0.1) is 61.8 Å². The molecular formula is C45H79N9O8. The minimum atomic E-state index is -0.625. The monoisotopic (exact) mass is 874 g/mol. The van der Waals surface area contributed by atoms with Crippen molar-refractivity contribution >= 4 is 41.1 Å². The average molecular weight is 874 g/mol. The molecule has 0 spiro atoms. The van der Waals surface area contributed by atoms with Gasteiger partial charge in [-0.15, -0.1) is 0 Å². The van der Waals surface area contributed by atoms with Crippen molar-refractivity contribution < 1.29 is 38.2 Å². The highest BCUT2D eigenvalue weighted by Gasteiger charge is 2.42. The summed E-state index contributed by atoms with van der Waals surface area (Å²) in [6.45, 7) is 13.9. The molecule has 1 aliphatic heterocycles. The van der Waals surface area contributed by atoms with Crippen LogP contribution >= 0.6 is 0 Å². The van der Waals surface area contributed by atoms with E-state index in [1.807, 2.05) is 72.7 Å². The van der Waals surface area contributed by atoms with Crippen molar-refractivity contribution in [3.8, 4) is 0 Å². The van der Waals surface area contributed by atoms with Crippen LogP contribution in [0.25, 0.3) is 0 Å². The predicted octanol–water partition coefficient (Wildman–Crippen LogP) is 1.59. The lowest BCUT2D eigenvalue weighted by molar-refractivity contribution is -0.146. The van der Waals surface area contributed by atoms with Crippen molar-refractivity contribution in [3.63, 3.8) is 0 Å². The lowest BCUT2D eigenvalue weighted by Gasteiger charge is -2.39. The second-order valence-corrected chi connectivity index (χ2v) is 17.6. The number of methoxy groups -OCH3 is 2. The number of carbonyl (C=O) groups excluding carboxylic acids is 6. The van der Waals surface area contributed by atoms with Crippen molar-refractivity contribution in [1.29, 1.82) is 0 Å². The number of ether oxygens (including phenoxy) is 2. The molecule has 1 aliphatic rings. The van der Waals surface area contributed by atoms with E-state index in [0.717, 1.165) is 18.4 Å². The molecule has 352 valence electrons. The van der Waals surface area contributed by atoms with Gasteiger partial charge in [-0.2, -0.15) is 0 Å². The van der Waals surface area contributed by atoms with E-state index in [0.29, 0.717) is 25.1 Å². The molecule has 1 aromatic rings. The van der Waals surface area contributed by atoms with Gasteiger partial charge < -0.3 is 51.6 Å². The maximum atomic E-state index is 14.2. The van der Waals surface area contributed by atoms with Crippen LogP contribution in [0, 0.1) is 23.7 Å². The molecule has 2 unspecified atom stereocenters. The summed E-state index contributed by atoms with van der Waals surface area (Å²) < 4.78 is 11.9. The van der Waals surface area contributed by atoms with Gasteiger partial charge in [-0.3, -0.25) is 33.7 Å². The smallest absolute Gasteiger partial charge is 0.243 e. The molecule has 7 N–H and O–H groups in total. The standard InChI is InChI=1S/C45H79N9O8/c1-14-29(6)41(53(11)38(57)26-49-45(60)40(28(4)5)52(9)10)35(61-12)23-37(56)54-21-15-16-34(54)42(62-13)30(7)43(58)51-33(24-46)22-31-17-19-32(20-18-31)50-36(55)25-48-44(59)39(47-8)27(2)3/h17-20,27-30,33-35,39-42,47H,14-16,21-26,46H2,1-13H3,(H,48,59)(H,49,60)(H,50,55)(H,51,58)/t29-,30+,33-,34-,35+,39?,40?,41-,42+/m0/s1. The van der Waals surface area contributed by atoms with E-state index in [1.165, 1.54) is 0 Å². The summed E-state index contributed by atoms with van der Waals surface area (Å²) in [5, 5.41) is 14.3. The van der Waals surface area contributed by atoms with E-state index in [2.05, 4.69) is 26.6 Å². The number of anilines is 1. The molecule has 6 amide bonds. The normalized spacial score (nSPS) is 18.0. The molecule has 0 saturated carbocycles. The zero-order valence-corrected chi connectivity index (χ0v) is 39.7. The number of likely N-dealkylation sites (tertiary alicyclic amines) is 1. The third-order valence-electron chi connectivity index (χ3n) is 12.2. The fourth-order valence-corrected chi connectivity index (χ4v) is 8.64. The van der Waals surface area contributed by atoms with Crippen LogP contribution in [0.1, 0.15) is 79.7 Å². The summed E-state index contributed by atoms with van der Waals surface area (Å²) >= 11 is 0. The molecule has 0 bridgehead atoms. The Labute approximate surface area is 370 Å². The third kappa shape index (κ3) is 15.6. The summed E-state index contributed by atoms with van der Waals surface area (Å²) in [5.74, 6) is -2.03. The van der Waals surface area contributed by atoms with Gasteiger partial charge >= 0.3 is 0 Å². The van der Waals surface area contributed by atoms with E-state index in [1.54, 1.807) is 57.2 Å². The summed E-state index contributed by atoms with van der Waals surface area (Å²) in [5.41, 5.74) is 7.60. The van der Waals surface area contributed by atoms with Crippen LogP contribution in [-0.2, 0) is 44.7 Å². The zero-order valence-electron chi connectivity index (χ0n) is 39.7. The number of nitrogens with zero attached hydrogens (tertiary/aromatic N) is 3. The summed E-state index contributed by atoms with van der Waals surface area (Å²) in [7, 11) is 10.2. The molecule has 1 fully saturated rings. The fraction of sp³-hybridized carbons (Fsp3) is 0.733. The number of hydrogen-bond acceptors (Lipinski definition) is 11. The minimum absolute atomic E-state index is 0.0166. The van der Waals surface area contributed by atoms with Crippen LogP contribution in [-0.4, -0.2) is 161 Å². The Morgan fingerprint density at radius 3 is 2.02 bits per heavy atom. The van der Waals surface area contributed by atoms with Gasteiger partial charge in [0.15, 0.2) is 0 Å². The predicted molar refractivity (Wildman–Crippen MR) is 242 cm³/mol. The van der Waals surface area contributed by atoms with Crippen molar-refractivity contribution in [2.75, 3.05) is 73.9 Å². The van der Waals surface area contributed by atoms with E-state index in [-0.39, 0.29) is 91.3 Å². The number of likely N-dealkylation sites (N-methyl/N-ethyl adjacent to an activating group) is 3. The number of carbonyl (C=O) groups is 6. The largest absolute Gasteiger partial charge is 0.379 e. The van der Waals surface area contributed by atoms with Crippen LogP contribution in [0.3, 0.4) is 0 Å². The van der Waals surface area contributed by atoms with Crippen molar-refractivity contribution in [1.82, 2.24) is 36.0 Å². The van der Waals surface area contributed by atoms with Crippen LogP contribution in [0.2, 0.25) is 0 Å². The highest BCUT2D eigenvalue weighted by molar-refractivity contribution is 5.95. The minimum Gasteiger partial charge on any atom is -0.379 e. The SMILES string of the molecule is CC[C@H](C)[C@@H]([C@@H](CC(=O)N1CCC[C@H]1[C@H](OC)[C@@H](C)C(=O)N[C@H](CN)Cc1ccc(NC(=O)CNC(=O)C(NC)C(C)C)cc1)OC)N(C)C(=O)CNC(=O)C(C(C)C)N(C)C. The molecular weight excluding hydrogens is 795 g/mol. The van der Waals surface area contributed by atoms with Gasteiger partial charge in [-0.25, -0.2) is 0 Å². The van der Waals surface area contributed by atoms with Crippen LogP contribution < -0.4 is 32.3 Å². The number of nitrogens with one attached hydrogen (secondary N) is 5. The molecule has 62 heavy (non-hydrogen) atoms. The Morgan fingerprint density at radius 2 is 1.50 bits per heavy atom. The average Bonchev–Trinajstić information content (AvgIpc) is 3.71. The number of rotatable bonds is 26. The van der Waals surface area contributed by atoms with Crippen LogP contribution in [0.4, 0.5) is 5.69 Å². The quantitative estimate of drug-likeness (QED) is 0.0786. The maximum absolute atomic E-state index is 14.2. The lowest BCUT2D eigenvalue weighted by atomic mass is 9.90. The molecule has 1 heterocycles. The molecule has 2 rings (SSSR count). The molecule has 1 saturated heterocycles. The molecule has 17 nitrogen and oxygen atoms in total. The highest BCUT2D eigenvalue weighted by Crippen LogP contribution is 2.29. The molecule has 0 aromatic heterocycles. The van der Waals surface area contributed by atoms with E-state index in [4.69, 9.17) is 15.2 Å². The Hall–Kier alpha value is -4.16. The van der Waals surface area contributed by atoms with Gasteiger partial charge in [0.2, 0.25) is 35.4 Å². The van der Waals surface area contributed by atoms with Crippen molar-refractivity contribution in [3.05, 3.63) is 29.8 Å². The first-order valence-corrected chi connectivity index (χ1v) is 22.1. The van der Waals surface area contributed by atoms with Gasteiger partial charge in [0, 0.05) is 46.1 Å². The molecule has 1 aromatic carbocycles. The number of benzene rings is 1. The Kier molecular flexibility index (Phi) is 23.0. The first-order valence-electron chi connectivity index (χ1n) is 22.1. The number of nitrogens with two attached hydrogens (primary N) is 1. The van der Waals surface area contributed by atoms with Gasteiger partial charge in [-0.05, 0) is 75.9 Å². The van der Waals surface area contributed by atoms with Crippen molar-refractivity contribution in [2.45, 2.75) is 123 Å². The topological polar surface area (TPSA) is 217 Å². The maximum Gasteiger partial charge on any atom is 0.243 e. The summed E-state index contributed by atoms with van der Waals surface area (Å²) in [4.78, 5) is 84.5. The fourth-order valence-electron chi connectivity index (χ4n) is 8.64. The lowest BCUT2D eigenvalue weighted by Crippen LogP contribution is -2.55. The van der Waals surface area contributed by atoms with Crippen LogP contribution in [0.5, 0.6) is 0 Å². The molecule has 0 aliphatic carbocycles. The van der Waals surface area contributed by atoms with Crippen LogP contribution in [0.15, 0.2) is 24.3 Å². The Balaban J connectivity index is 2.08. The third-order valence-corrected chi connectivity index (χ3v) is 12.2. The summed E-state index contributed by atoms with van der Waals surface area (Å²) in [6, 6.07) is 5.24. The Morgan fingerprint density at radius 1 is 0.871 bits per heavy atom. The first-order chi connectivity index (χ1) is 29.3. The zero-order chi connectivity index (χ0) is 46.8. The van der Waals surface area contributed by atoms with Crippen molar-refractivity contribution in [2.24, 2.45) is 29.4 Å². The van der Waals surface area contributed by atoms with Gasteiger partial charge in [0.25, 0.3) is 0 Å². The van der Waals surface area contributed by atoms with Gasteiger partial charge in [-0.1, -0.05) is 67.0 Å². The number of hydrogen-bond donors (Lipinski definition) is 6. The highest BCUT2D eigenvalue weighted by atomic mass is 16.5. The molecule has 17 heteroatoms. The van der Waals surface area contributed by atoms with E-state index >= 15 is 0 Å². The Bertz CT molecular complexity index is 1590. The second-order valence-electron chi connectivity index (χ2n) is 17.6.